The third-order valence-corrected chi connectivity index (χ3v) is 8.09. The number of aromatic amines is 1. The van der Waals surface area contributed by atoms with Crippen LogP contribution in [0.15, 0.2) is 53.3 Å². The Morgan fingerprint density at radius 3 is 2.74 bits per heavy atom. The fourth-order valence-electron chi connectivity index (χ4n) is 5.07. The Kier molecular flexibility index (Phi) is 7.22. The van der Waals surface area contributed by atoms with Crippen LogP contribution in [0.25, 0.3) is 21.1 Å². The molecule has 1 aliphatic heterocycles. The van der Waals surface area contributed by atoms with E-state index in [2.05, 4.69) is 36.4 Å². The van der Waals surface area contributed by atoms with E-state index in [0.717, 1.165) is 40.4 Å². The molecule has 11 nitrogen and oxygen atoms in total. The van der Waals surface area contributed by atoms with Crippen LogP contribution in [-0.4, -0.2) is 81.6 Å². The van der Waals surface area contributed by atoms with Crippen molar-refractivity contribution in [2.45, 2.75) is 19.5 Å². The van der Waals surface area contributed by atoms with Crippen molar-refractivity contribution < 1.29 is 9.47 Å². The highest BCUT2D eigenvalue weighted by molar-refractivity contribution is 7.22. The Hall–Kier alpha value is -3.87. The van der Waals surface area contributed by atoms with Crippen molar-refractivity contribution in [1.82, 2.24) is 35.1 Å². The highest BCUT2D eigenvalue weighted by atomic mass is 32.1. The molecule has 1 unspecified atom stereocenters. The van der Waals surface area contributed by atoms with Gasteiger partial charge in [0.1, 0.15) is 11.8 Å². The number of hydrogen-bond acceptors (Lipinski definition) is 10. The van der Waals surface area contributed by atoms with Crippen molar-refractivity contribution in [1.29, 1.82) is 0 Å². The van der Waals surface area contributed by atoms with Gasteiger partial charge in [-0.05, 0) is 53.7 Å². The van der Waals surface area contributed by atoms with Gasteiger partial charge in [0.25, 0.3) is 5.56 Å². The van der Waals surface area contributed by atoms with Crippen LogP contribution in [0, 0.1) is 0 Å². The van der Waals surface area contributed by atoms with Crippen LogP contribution in [0.5, 0.6) is 5.75 Å². The van der Waals surface area contributed by atoms with Gasteiger partial charge in [-0.15, -0.1) is 5.10 Å². The first kappa shape index (κ1) is 25.4. The first-order valence-corrected chi connectivity index (χ1v) is 13.9. The third-order valence-electron chi connectivity index (χ3n) is 6.99. The van der Waals surface area contributed by atoms with Crippen molar-refractivity contribution in [3.8, 4) is 5.75 Å². The zero-order valence-corrected chi connectivity index (χ0v) is 22.7. The van der Waals surface area contributed by atoms with Crippen LogP contribution < -0.4 is 15.2 Å². The average molecular weight is 547 g/mol. The van der Waals surface area contributed by atoms with Crippen LogP contribution in [0.3, 0.4) is 0 Å². The molecular weight excluding hydrogens is 516 g/mol. The number of tetrazole rings is 1. The average Bonchev–Trinajstić information content (AvgIpc) is 3.60. The summed E-state index contributed by atoms with van der Waals surface area (Å²) in [6.45, 7) is 6.45. The van der Waals surface area contributed by atoms with Gasteiger partial charge < -0.3 is 19.4 Å². The van der Waals surface area contributed by atoms with E-state index in [1.165, 1.54) is 4.70 Å². The van der Waals surface area contributed by atoms with E-state index in [-0.39, 0.29) is 5.56 Å². The Morgan fingerprint density at radius 2 is 1.95 bits per heavy atom. The number of hydrogen-bond donors (Lipinski definition) is 1. The first-order chi connectivity index (χ1) is 19.1. The highest BCUT2D eigenvalue weighted by Gasteiger charge is 2.33. The standard InChI is InChI=1S/C27H30N8O3S/c1-3-38-19-8-9-21-18(16-19)17-20(26(36)28-21)24(25-30-31-32-35(25)14-15-37-2)33-10-12-34(13-11-33)27-29-22-6-4-5-7-23(22)39-27/h4-9,16-17,24H,3,10-15H2,1-2H3,(H,28,36). The van der Waals surface area contributed by atoms with E-state index < -0.39 is 6.04 Å². The van der Waals surface area contributed by atoms with E-state index in [0.29, 0.717) is 44.2 Å². The lowest BCUT2D eigenvalue weighted by Gasteiger charge is -2.38. The molecule has 6 rings (SSSR count). The molecule has 0 aliphatic carbocycles. The highest BCUT2D eigenvalue weighted by Crippen LogP contribution is 2.32. The topological polar surface area (TPSA) is 114 Å². The van der Waals surface area contributed by atoms with Gasteiger partial charge in [-0.2, -0.15) is 0 Å². The van der Waals surface area contributed by atoms with Gasteiger partial charge in [0, 0.05) is 49.8 Å². The summed E-state index contributed by atoms with van der Waals surface area (Å²) in [5, 5.41) is 14.5. The molecule has 0 amide bonds. The van der Waals surface area contributed by atoms with Gasteiger partial charge in [0.2, 0.25) is 0 Å². The number of H-pyrrole nitrogens is 1. The normalized spacial score (nSPS) is 15.3. The maximum absolute atomic E-state index is 13.5. The fraction of sp³-hybridized carbons (Fsp3) is 0.370. The summed E-state index contributed by atoms with van der Waals surface area (Å²) in [6.07, 6.45) is 0. The number of nitrogens with one attached hydrogen (secondary N) is 1. The minimum absolute atomic E-state index is 0.161. The minimum atomic E-state index is -0.432. The van der Waals surface area contributed by atoms with Crippen molar-refractivity contribution in [3.05, 3.63) is 70.3 Å². The van der Waals surface area contributed by atoms with E-state index in [1.54, 1.807) is 23.1 Å². The predicted octanol–water partition coefficient (Wildman–Crippen LogP) is 3.08. The van der Waals surface area contributed by atoms with Crippen molar-refractivity contribution >= 4 is 37.6 Å². The Bertz CT molecular complexity index is 1610. The molecule has 1 atom stereocenters. The van der Waals surface area contributed by atoms with Gasteiger partial charge in [-0.25, -0.2) is 9.67 Å². The molecule has 3 aromatic heterocycles. The summed E-state index contributed by atoms with van der Waals surface area (Å²) in [5.74, 6) is 1.38. The maximum atomic E-state index is 13.5. The molecule has 0 bridgehead atoms. The number of piperazine rings is 1. The Labute approximate surface area is 229 Å². The molecule has 0 saturated carbocycles. The molecule has 1 aliphatic rings. The monoisotopic (exact) mass is 546 g/mol. The SMILES string of the molecule is CCOc1ccc2[nH]c(=O)c(C(c3nnnn3CCOC)N3CCN(c4nc5ccccc5s4)CC3)cc2c1. The number of nitrogens with zero attached hydrogens (tertiary/aromatic N) is 7. The molecule has 0 radical (unpaired) electrons. The second-order valence-corrected chi connectivity index (χ2v) is 10.4. The van der Waals surface area contributed by atoms with Crippen molar-refractivity contribution in [3.63, 3.8) is 0 Å². The molecule has 202 valence electrons. The van der Waals surface area contributed by atoms with Gasteiger partial charge >= 0.3 is 0 Å². The van der Waals surface area contributed by atoms with Gasteiger partial charge in [0.05, 0.1) is 30.0 Å². The minimum Gasteiger partial charge on any atom is -0.494 e. The molecule has 2 aromatic carbocycles. The molecule has 4 heterocycles. The number of ether oxygens (including phenoxy) is 2. The fourth-order valence-corrected chi connectivity index (χ4v) is 6.09. The molecule has 1 N–H and O–H groups in total. The first-order valence-electron chi connectivity index (χ1n) is 13.0. The molecule has 12 heteroatoms. The van der Waals surface area contributed by atoms with Crippen LogP contribution in [0.1, 0.15) is 24.4 Å². The zero-order chi connectivity index (χ0) is 26.8. The van der Waals surface area contributed by atoms with E-state index in [4.69, 9.17) is 14.5 Å². The summed E-state index contributed by atoms with van der Waals surface area (Å²) in [5.41, 5.74) is 2.21. The number of thiazole rings is 1. The van der Waals surface area contributed by atoms with Crippen LogP contribution in [0.2, 0.25) is 0 Å². The summed E-state index contributed by atoms with van der Waals surface area (Å²) in [4.78, 5) is 26.0. The van der Waals surface area contributed by atoms with Crippen molar-refractivity contribution in [2.75, 3.05) is 51.4 Å². The third kappa shape index (κ3) is 5.10. The van der Waals surface area contributed by atoms with Crippen LogP contribution in [0.4, 0.5) is 5.13 Å². The van der Waals surface area contributed by atoms with Crippen LogP contribution in [-0.2, 0) is 11.3 Å². The smallest absolute Gasteiger partial charge is 0.253 e. The lowest BCUT2D eigenvalue weighted by Crippen LogP contribution is -2.49. The number of rotatable bonds is 9. The summed E-state index contributed by atoms with van der Waals surface area (Å²) < 4.78 is 13.9. The number of aromatic nitrogens is 6. The number of anilines is 1. The number of para-hydroxylation sites is 1. The summed E-state index contributed by atoms with van der Waals surface area (Å²) >= 11 is 1.71. The lowest BCUT2D eigenvalue weighted by molar-refractivity contribution is 0.171. The zero-order valence-electron chi connectivity index (χ0n) is 21.9. The number of pyridine rings is 1. The molecular formula is C27H30N8O3S. The van der Waals surface area contributed by atoms with Gasteiger partial charge in [0.15, 0.2) is 11.0 Å². The second-order valence-electron chi connectivity index (χ2n) is 9.38. The van der Waals surface area contributed by atoms with Crippen molar-refractivity contribution in [2.24, 2.45) is 0 Å². The van der Waals surface area contributed by atoms with E-state index in [9.17, 15) is 4.79 Å². The second kappa shape index (κ2) is 11.1. The predicted molar refractivity (Wildman–Crippen MR) is 151 cm³/mol. The summed E-state index contributed by atoms with van der Waals surface area (Å²) in [7, 11) is 1.65. The molecule has 1 fully saturated rings. The number of fused-ring (bicyclic) bond motifs is 2. The largest absolute Gasteiger partial charge is 0.494 e. The van der Waals surface area contributed by atoms with E-state index in [1.807, 2.05) is 49.4 Å². The molecule has 1 saturated heterocycles. The molecule has 39 heavy (non-hydrogen) atoms. The van der Waals surface area contributed by atoms with Gasteiger partial charge in [-0.1, -0.05) is 23.5 Å². The molecule has 5 aromatic rings. The number of benzene rings is 2. The maximum Gasteiger partial charge on any atom is 0.253 e. The summed E-state index contributed by atoms with van der Waals surface area (Å²) in [6, 6.07) is 15.4. The Morgan fingerprint density at radius 1 is 1.10 bits per heavy atom. The Balaban J connectivity index is 1.35. The lowest BCUT2D eigenvalue weighted by atomic mass is 10.0. The molecule has 0 spiro atoms. The van der Waals surface area contributed by atoms with E-state index >= 15 is 0 Å². The van der Waals surface area contributed by atoms with Gasteiger partial charge in [-0.3, -0.25) is 9.69 Å². The quantitative estimate of drug-likeness (QED) is 0.298. The van der Waals surface area contributed by atoms with Crippen LogP contribution >= 0.6 is 11.3 Å². The number of methoxy groups -OCH3 is 1.